The van der Waals surface area contributed by atoms with E-state index in [9.17, 15) is 4.79 Å². The Bertz CT molecular complexity index is 218. The molecule has 0 aromatic heterocycles. The van der Waals surface area contributed by atoms with Gasteiger partial charge >= 0.3 is 0 Å². The molecule has 0 aromatic rings. The first kappa shape index (κ1) is 14.5. The first-order chi connectivity index (χ1) is 8.29. The lowest BCUT2D eigenvalue weighted by molar-refractivity contribution is -0.129. The molecule has 100 valence electrons. The fourth-order valence-corrected chi connectivity index (χ4v) is 2.48. The molecule has 17 heavy (non-hydrogen) atoms. The highest BCUT2D eigenvalue weighted by atomic mass is 16.2. The van der Waals surface area contributed by atoms with E-state index in [4.69, 9.17) is 0 Å². The quantitative estimate of drug-likeness (QED) is 0.628. The summed E-state index contributed by atoms with van der Waals surface area (Å²) >= 11 is 0. The van der Waals surface area contributed by atoms with Crippen LogP contribution >= 0.6 is 0 Å². The number of unbranched alkanes of at least 4 members (excludes halogenated alkanes) is 5. The van der Waals surface area contributed by atoms with Gasteiger partial charge in [-0.1, -0.05) is 46.0 Å². The molecule has 1 unspecified atom stereocenters. The van der Waals surface area contributed by atoms with Crippen LogP contribution in [0.4, 0.5) is 0 Å². The van der Waals surface area contributed by atoms with E-state index in [0.29, 0.717) is 5.91 Å². The lowest BCUT2D eigenvalue weighted by Crippen LogP contribution is -2.38. The van der Waals surface area contributed by atoms with Gasteiger partial charge in [-0.25, -0.2) is 0 Å². The summed E-state index contributed by atoms with van der Waals surface area (Å²) in [4.78, 5) is 14.0. The van der Waals surface area contributed by atoms with Crippen molar-refractivity contribution in [2.75, 3.05) is 19.6 Å². The van der Waals surface area contributed by atoms with Crippen LogP contribution in [0.5, 0.6) is 0 Å². The summed E-state index contributed by atoms with van der Waals surface area (Å²) in [5.74, 6) is 0.320. The molecule has 1 aliphatic heterocycles. The van der Waals surface area contributed by atoms with Gasteiger partial charge in [0.15, 0.2) is 0 Å². The Kier molecular flexibility index (Phi) is 7.25. The summed E-state index contributed by atoms with van der Waals surface area (Å²) in [6.45, 7) is 7.10. The molecule has 0 spiro atoms. The van der Waals surface area contributed by atoms with Crippen molar-refractivity contribution in [3.63, 3.8) is 0 Å². The van der Waals surface area contributed by atoms with Gasteiger partial charge in [0.25, 0.3) is 0 Å². The number of carbonyl (C=O) groups excluding carboxylic acids is 1. The summed E-state index contributed by atoms with van der Waals surface area (Å²) in [5.41, 5.74) is 0. The maximum absolute atomic E-state index is 11.9. The van der Waals surface area contributed by atoms with Crippen LogP contribution in [-0.4, -0.2) is 36.5 Å². The molecule has 1 saturated heterocycles. The van der Waals surface area contributed by atoms with Crippen molar-refractivity contribution in [1.29, 1.82) is 0 Å². The number of likely N-dealkylation sites (N-methyl/N-ethyl adjacent to an activating group) is 1. The van der Waals surface area contributed by atoms with Crippen molar-refractivity contribution < 1.29 is 4.79 Å². The molecule has 1 fully saturated rings. The SMILES string of the molecule is CCCCCCCCN1CCC(NCC)C1=O. The number of rotatable bonds is 9. The van der Waals surface area contributed by atoms with Crippen LogP contribution < -0.4 is 5.32 Å². The maximum atomic E-state index is 11.9. The Labute approximate surface area is 106 Å². The zero-order valence-corrected chi connectivity index (χ0v) is 11.5. The van der Waals surface area contributed by atoms with Crippen molar-refractivity contribution in [3.05, 3.63) is 0 Å². The van der Waals surface area contributed by atoms with Crippen molar-refractivity contribution in [1.82, 2.24) is 10.2 Å². The molecular weight excluding hydrogens is 212 g/mol. The minimum Gasteiger partial charge on any atom is -0.341 e. The van der Waals surface area contributed by atoms with Gasteiger partial charge in [-0.2, -0.15) is 0 Å². The van der Waals surface area contributed by atoms with E-state index in [-0.39, 0.29) is 6.04 Å². The Morgan fingerprint density at radius 2 is 1.88 bits per heavy atom. The Morgan fingerprint density at radius 1 is 1.18 bits per heavy atom. The number of hydrogen-bond donors (Lipinski definition) is 1. The van der Waals surface area contributed by atoms with Crippen LogP contribution in [0.1, 0.15) is 58.8 Å². The smallest absolute Gasteiger partial charge is 0.239 e. The van der Waals surface area contributed by atoms with E-state index >= 15 is 0 Å². The average molecular weight is 240 g/mol. The van der Waals surface area contributed by atoms with E-state index in [1.807, 2.05) is 4.90 Å². The summed E-state index contributed by atoms with van der Waals surface area (Å²) in [6, 6.07) is 0.0973. The second kappa shape index (κ2) is 8.51. The highest BCUT2D eigenvalue weighted by Gasteiger charge is 2.29. The van der Waals surface area contributed by atoms with Gasteiger partial charge < -0.3 is 10.2 Å². The summed E-state index contributed by atoms with van der Waals surface area (Å²) in [5, 5.41) is 3.25. The van der Waals surface area contributed by atoms with Crippen LogP contribution in [-0.2, 0) is 4.79 Å². The number of carbonyl (C=O) groups is 1. The normalized spacial score (nSPS) is 20.2. The van der Waals surface area contributed by atoms with Gasteiger partial charge in [0, 0.05) is 13.1 Å². The fourth-order valence-electron chi connectivity index (χ4n) is 2.48. The Balaban J connectivity index is 2.06. The molecule has 1 heterocycles. The zero-order chi connectivity index (χ0) is 12.5. The van der Waals surface area contributed by atoms with E-state index in [1.54, 1.807) is 0 Å². The predicted molar refractivity (Wildman–Crippen MR) is 72.0 cm³/mol. The van der Waals surface area contributed by atoms with Gasteiger partial charge in [-0.15, -0.1) is 0 Å². The number of nitrogens with zero attached hydrogens (tertiary/aromatic N) is 1. The van der Waals surface area contributed by atoms with E-state index < -0.39 is 0 Å². The average Bonchev–Trinajstić information content (AvgIpc) is 2.67. The third kappa shape index (κ3) is 5.07. The monoisotopic (exact) mass is 240 g/mol. The van der Waals surface area contributed by atoms with Crippen LogP contribution in [0.25, 0.3) is 0 Å². The topological polar surface area (TPSA) is 32.3 Å². The summed E-state index contributed by atoms with van der Waals surface area (Å²) < 4.78 is 0. The standard InChI is InChI=1S/C14H28N2O/c1-3-5-6-7-8-9-11-16-12-10-13(14(16)17)15-4-2/h13,15H,3-12H2,1-2H3. The Hall–Kier alpha value is -0.570. The summed E-state index contributed by atoms with van der Waals surface area (Å²) in [7, 11) is 0. The molecule has 0 aromatic carbocycles. The number of amides is 1. The van der Waals surface area contributed by atoms with Crippen LogP contribution in [0, 0.1) is 0 Å². The molecule has 1 amide bonds. The van der Waals surface area contributed by atoms with Crippen molar-refractivity contribution >= 4 is 5.91 Å². The molecule has 0 aliphatic carbocycles. The third-order valence-electron chi connectivity index (χ3n) is 3.53. The van der Waals surface area contributed by atoms with Gasteiger partial charge in [0.1, 0.15) is 0 Å². The van der Waals surface area contributed by atoms with Crippen molar-refractivity contribution in [2.24, 2.45) is 0 Å². The lowest BCUT2D eigenvalue weighted by atomic mass is 10.1. The van der Waals surface area contributed by atoms with Gasteiger partial charge in [-0.3, -0.25) is 4.79 Å². The second-order valence-corrected chi connectivity index (χ2v) is 4.99. The lowest BCUT2D eigenvalue weighted by Gasteiger charge is -2.16. The summed E-state index contributed by atoms with van der Waals surface area (Å²) in [6.07, 6.45) is 8.77. The van der Waals surface area contributed by atoms with Gasteiger partial charge in [0.05, 0.1) is 6.04 Å². The Morgan fingerprint density at radius 3 is 2.59 bits per heavy atom. The molecule has 3 nitrogen and oxygen atoms in total. The fraction of sp³-hybridized carbons (Fsp3) is 0.929. The third-order valence-corrected chi connectivity index (χ3v) is 3.53. The molecule has 1 rings (SSSR count). The van der Waals surface area contributed by atoms with Crippen LogP contribution in [0.15, 0.2) is 0 Å². The minimum absolute atomic E-state index is 0.0973. The molecule has 0 radical (unpaired) electrons. The van der Waals surface area contributed by atoms with Crippen LogP contribution in [0.3, 0.4) is 0 Å². The molecule has 1 aliphatic rings. The molecule has 3 heteroatoms. The van der Waals surface area contributed by atoms with E-state index in [0.717, 1.165) is 26.1 Å². The highest BCUT2D eigenvalue weighted by Crippen LogP contribution is 2.13. The van der Waals surface area contributed by atoms with Crippen LogP contribution in [0.2, 0.25) is 0 Å². The van der Waals surface area contributed by atoms with Gasteiger partial charge in [0.2, 0.25) is 5.91 Å². The zero-order valence-electron chi connectivity index (χ0n) is 11.5. The van der Waals surface area contributed by atoms with Crippen molar-refractivity contribution in [3.8, 4) is 0 Å². The molecular formula is C14H28N2O. The highest BCUT2D eigenvalue weighted by molar-refractivity contribution is 5.83. The largest absolute Gasteiger partial charge is 0.341 e. The van der Waals surface area contributed by atoms with Crippen molar-refractivity contribution in [2.45, 2.75) is 64.8 Å². The van der Waals surface area contributed by atoms with Gasteiger partial charge in [-0.05, 0) is 19.4 Å². The number of hydrogen-bond acceptors (Lipinski definition) is 2. The first-order valence-corrected chi connectivity index (χ1v) is 7.31. The molecule has 1 N–H and O–H groups in total. The predicted octanol–water partition coefficient (Wildman–Crippen LogP) is 2.56. The van der Waals surface area contributed by atoms with E-state index in [1.165, 1.54) is 38.5 Å². The molecule has 0 bridgehead atoms. The maximum Gasteiger partial charge on any atom is 0.239 e. The molecule has 1 atom stereocenters. The first-order valence-electron chi connectivity index (χ1n) is 7.31. The second-order valence-electron chi connectivity index (χ2n) is 4.99. The number of nitrogens with one attached hydrogen (secondary N) is 1. The minimum atomic E-state index is 0.0973. The molecule has 0 saturated carbocycles. The number of likely N-dealkylation sites (tertiary alicyclic amines) is 1. The van der Waals surface area contributed by atoms with E-state index in [2.05, 4.69) is 19.2 Å².